The number of ketones is 1. The van der Waals surface area contributed by atoms with Crippen LogP contribution in [0, 0.1) is 16.7 Å². The molecule has 5 nitrogen and oxygen atoms in total. The second-order valence-electron chi connectivity index (χ2n) is 8.36. The Morgan fingerprint density at radius 2 is 2.03 bits per heavy atom. The van der Waals surface area contributed by atoms with E-state index >= 15 is 0 Å². The molecule has 1 aromatic heterocycles. The monoisotopic (exact) mass is 438 g/mol. The van der Waals surface area contributed by atoms with Crippen LogP contribution in [0.15, 0.2) is 65.4 Å². The predicted octanol–water partition coefficient (Wildman–Crippen LogP) is 5.33. The van der Waals surface area contributed by atoms with E-state index in [1.807, 2.05) is 6.07 Å². The SMILES string of the molecule is CC1(C)CC(=O)C2=C(C1)N(c1cccnc1)C(N)=C(C#N)[C@H]2c1ccc(Cl)cc1Cl. The fourth-order valence-electron chi connectivity index (χ4n) is 4.34. The minimum atomic E-state index is -0.633. The highest BCUT2D eigenvalue weighted by atomic mass is 35.5. The molecule has 0 saturated carbocycles. The highest BCUT2D eigenvalue weighted by Crippen LogP contribution is 2.51. The fourth-order valence-corrected chi connectivity index (χ4v) is 4.85. The summed E-state index contributed by atoms with van der Waals surface area (Å²) in [5, 5.41) is 10.9. The number of Topliss-reactive ketones (excluding diaryl/α,β-unsaturated/α-hetero) is 1. The topological polar surface area (TPSA) is 83.0 Å². The molecule has 1 aromatic carbocycles. The van der Waals surface area contributed by atoms with Crippen LogP contribution in [0.4, 0.5) is 5.69 Å². The number of pyridine rings is 1. The summed E-state index contributed by atoms with van der Waals surface area (Å²) < 4.78 is 0. The Morgan fingerprint density at radius 1 is 1.27 bits per heavy atom. The summed E-state index contributed by atoms with van der Waals surface area (Å²) in [6.07, 6.45) is 4.35. The van der Waals surface area contributed by atoms with Crippen LogP contribution in [0.25, 0.3) is 0 Å². The number of hydrogen-bond acceptors (Lipinski definition) is 5. The van der Waals surface area contributed by atoms with Crippen molar-refractivity contribution >= 4 is 34.7 Å². The van der Waals surface area contributed by atoms with Crippen LogP contribution in [-0.4, -0.2) is 10.8 Å². The van der Waals surface area contributed by atoms with Gasteiger partial charge in [-0.1, -0.05) is 43.1 Å². The Labute approximate surface area is 185 Å². The summed E-state index contributed by atoms with van der Waals surface area (Å²) in [5.74, 6) is -0.358. The Morgan fingerprint density at radius 3 is 2.67 bits per heavy atom. The summed E-state index contributed by atoms with van der Waals surface area (Å²) in [5.41, 5.74) is 9.31. The average Bonchev–Trinajstić information content (AvgIpc) is 2.67. The number of halogens is 2. The van der Waals surface area contributed by atoms with E-state index in [2.05, 4.69) is 24.9 Å². The lowest BCUT2D eigenvalue weighted by Crippen LogP contribution is -2.42. The normalized spacial score (nSPS) is 20.8. The van der Waals surface area contributed by atoms with Gasteiger partial charge in [0.15, 0.2) is 5.78 Å². The fraction of sp³-hybridized carbons (Fsp3) is 0.261. The van der Waals surface area contributed by atoms with E-state index in [1.54, 1.807) is 41.6 Å². The zero-order valence-electron chi connectivity index (χ0n) is 16.6. The first-order valence-corrected chi connectivity index (χ1v) is 10.3. The Bertz CT molecular complexity index is 1150. The number of anilines is 1. The van der Waals surface area contributed by atoms with Crippen LogP contribution < -0.4 is 10.6 Å². The molecule has 2 aromatic rings. The third kappa shape index (κ3) is 3.36. The molecule has 0 radical (unpaired) electrons. The number of carbonyl (C=O) groups excluding carboxylic acids is 1. The van der Waals surface area contributed by atoms with Gasteiger partial charge in [0.1, 0.15) is 5.82 Å². The molecule has 0 unspecified atom stereocenters. The third-order valence-electron chi connectivity index (χ3n) is 5.56. The molecule has 1 aliphatic carbocycles. The van der Waals surface area contributed by atoms with Crippen LogP contribution in [0.5, 0.6) is 0 Å². The maximum absolute atomic E-state index is 13.4. The molecule has 2 aliphatic rings. The number of nitriles is 1. The number of aromatic nitrogens is 1. The number of benzene rings is 1. The molecule has 0 amide bonds. The van der Waals surface area contributed by atoms with Crippen molar-refractivity contribution in [2.24, 2.45) is 11.1 Å². The lowest BCUT2D eigenvalue weighted by atomic mass is 9.68. The molecule has 7 heteroatoms. The first-order chi connectivity index (χ1) is 14.2. The van der Waals surface area contributed by atoms with E-state index in [0.29, 0.717) is 39.7 Å². The molecule has 0 spiro atoms. The van der Waals surface area contributed by atoms with E-state index in [4.69, 9.17) is 28.9 Å². The van der Waals surface area contributed by atoms with Crippen molar-refractivity contribution in [3.63, 3.8) is 0 Å². The van der Waals surface area contributed by atoms with Crippen LogP contribution in [0.3, 0.4) is 0 Å². The summed E-state index contributed by atoms with van der Waals surface area (Å²) in [4.78, 5) is 19.4. The standard InChI is InChI=1S/C23H20Cl2N4O/c1-23(2)9-18-21(19(30)10-23)20(15-6-5-13(24)8-17(15)25)16(11-26)22(27)29(18)14-4-3-7-28-12-14/h3-8,12,20H,9-10,27H2,1-2H3/t20-/m1/s1. The van der Waals surface area contributed by atoms with Gasteiger partial charge in [-0.25, -0.2) is 0 Å². The molecular weight excluding hydrogens is 419 g/mol. The number of carbonyl (C=O) groups is 1. The average molecular weight is 439 g/mol. The number of hydrogen-bond donors (Lipinski definition) is 1. The Balaban J connectivity index is 2.02. The van der Waals surface area contributed by atoms with Crippen molar-refractivity contribution in [2.45, 2.75) is 32.6 Å². The van der Waals surface area contributed by atoms with Gasteiger partial charge in [0.2, 0.25) is 0 Å². The summed E-state index contributed by atoms with van der Waals surface area (Å²) in [6.45, 7) is 4.11. The molecule has 0 bridgehead atoms. The smallest absolute Gasteiger partial charge is 0.162 e. The van der Waals surface area contributed by atoms with Gasteiger partial charge in [-0.15, -0.1) is 0 Å². The number of allylic oxidation sites excluding steroid dienone is 3. The zero-order valence-corrected chi connectivity index (χ0v) is 18.1. The zero-order chi connectivity index (χ0) is 21.6. The molecule has 4 rings (SSSR count). The van der Waals surface area contributed by atoms with Crippen LogP contribution in [0.2, 0.25) is 10.0 Å². The van der Waals surface area contributed by atoms with E-state index in [9.17, 15) is 10.1 Å². The summed E-state index contributed by atoms with van der Waals surface area (Å²) in [7, 11) is 0. The minimum absolute atomic E-state index is 0.00796. The predicted molar refractivity (Wildman–Crippen MR) is 118 cm³/mol. The maximum Gasteiger partial charge on any atom is 0.162 e. The van der Waals surface area contributed by atoms with Crippen molar-refractivity contribution in [1.82, 2.24) is 4.98 Å². The molecule has 1 aliphatic heterocycles. The van der Waals surface area contributed by atoms with E-state index in [-0.39, 0.29) is 22.6 Å². The largest absolute Gasteiger partial charge is 0.384 e. The molecule has 152 valence electrons. The summed E-state index contributed by atoms with van der Waals surface area (Å²) in [6, 6.07) is 11.0. The Hall–Kier alpha value is -2.81. The Kier molecular flexibility index (Phi) is 5.09. The number of nitrogens with zero attached hydrogens (tertiary/aromatic N) is 3. The second-order valence-corrected chi connectivity index (χ2v) is 9.20. The van der Waals surface area contributed by atoms with Crippen molar-refractivity contribution in [3.05, 3.63) is 81.0 Å². The molecule has 0 saturated heterocycles. The van der Waals surface area contributed by atoms with Crippen LogP contribution in [0.1, 0.15) is 38.2 Å². The van der Waals surface area contributed by atoms with Gasteiger partial charge in [-0.05, 0) is 41.7 Å². The first-order valence-electron chi connectivity index (χ1n) is 9.54. The molecular formula is C23H20Cl2N4O. The van der Waals surface area contributed by atoms with Crippen LogP contribution >= 0.6 is 23.2 Å². The highest BCUT2D eigenvalue weighted by molar-refractivity contribution is 6.35. The second kappa shape index (κ2) is 7.46. The maximum atomic E-state index is 13.4. The molecule has 30 heavy (non-hydrogen) atoms. The molecule has 0 fully saturated rings. The van der Waals surface area contributed by atoms with Gasteiger partial charge in [0.05, 0.1) is 29.4 Å². The van der Waals surface area contributed by atoms with Crippen molar-refractivity contribution in [1.29, 1.82) is 5.26 Å². The highest BCUT2D eigenvalue weighted by Gasteiger charge is 2.45. The van der Waals surface area contributed by atoms with E-state index in [1.165, 1.54) is 0 Å². The van der Waals surface area contributed by atoms with Crippen molar-refractivity contribution < 1.29 is 4.79 Å². The first kappa shape index (κ1) is 20.5. The minimum Gasteiger partial charge on any atom is -0.384 e. The van der Waals surface area contributed by atoms with Gasteiger partial charge in [0, 0.05) is 33.9 Å². The molecule has 2 heterocycles. The van der Waals surface area contributed by atoms with Gasteiger partial charge in [-0.3, -0.25) is 14.7 Å². The van der Waals surface area contributed by atoms with Gasteiger partial charge < -0.3 is 5.73 Å². The number of nitrogens with two attached hydrogens (primary N) is 1. The molecule has 2 N–H and O–H groups in total. The van der Waals surface area contributed by atoms with Gasteiger partial charge >= 0.3 is 0 Å². The third-order valence-corrected chi connectivity index (χ3v) is 6.12. The molecule has 1 atom stereocenters. The lowest BCUT2D eigenvalue weighted by Gasteiger charge is -2.43. The summed E-state index contributed by atoms with van der Waals surface area (Å²) >= 11 is 12.6. The van der Waals surface area contributed by atoms with Gasteiger partial charge in [0.25, 0.3) is 0 Å². The lowest BCUT2D eigenvalue weighted by molar-refractivity contribution is -0.118. The van der Waals surface area contributed by atoms with E-state index < -0.39 is 5.92 Å². The van der Waals surface area contributed by atoms with E-state index in [0.717, 1.165) is 5.70 Å². The quantitative estimate of drug-likeness (QED) is 0.684. The van der Waals surface area contributed by atoms with Gasteiger partial charge in [-0.2, -0.15) is 5.26 Å². The number of rotatable bonds is 2. The van der Waals surface area contributed by atoms with Crippen molar-refractivity contribution in [3.8, 4) is 6.07 Å². The van der Waals surface area contributed by atoms with Crippen LogP contribution in [-0.2, 0) is 4.79 Å². The van der Waals surface area contributed by atoms with Crippen molar-refractivity contribution in [2.75, 3.05) is 4.90 Å².